The Labute approximate surface area is 101 Å². The number of rotatable bonds is 2. The quantitative estimate of drug-likeness (QED) is 0.909. The van der Waals surface area contributed by atoms with Crippen LogP contribution in [0.1, 0.15) is 5.56 Å². The molecule has 2 aromatic heterocycles. The van der Waals surface area contributed by atoms with E-state index in [1.165, 1.54) is 0 Å². The van der Waals surface area contributed by atoms with E-state index in [1.807, 2.05) is 12.1 Å². The number of anilines is 1. The minimum Gasteiger partial charge on any atom is -0.384 e. The van der Waals surface area contributed by atoms with Gasteiger partial charge in [-0.3, -0.25) is 4.79 Å². The maximum Gasteiger partial charge on any atom is 0.265 e. The number of hydrogen-bond acceptors (Lipinski definition) is 3. The molecule has 82 valence electrons. The fourth-order valence-corrected chi connectivity index (χ4v) is 1.80. The van der Waals surface area contributed by atoms with Gasteiger partial charge >= 0.3 is 0 Å². The molecule has 0 aliphatic carbocycles. The Morgan fingerprint density at radius 2 is 2.25 bits per heavy atom. The van der Waals surface area contributed by atoms with E-state index < -0.39 is 0 Å². The monoisotopic (exact) mass is 279 g/mol. The Bertz CT molecular complexity index is 565. The lowest BCUT2D eigenvalue weighted by atomic mass is 10.2. The summed E-state index contributed by atoms with van der Waals surface area (Å²) in [6, 6.07) is 7.13. The molecule has 2 N–H and O–H groups in total. The molecule has 0 bridgehead atoms. The first-order chi connectivity index (χ1) is 7.66. The van der Waals surface area contributed by atoms with Gasteiger partial charge in [0.1, 0.15) is 5.82 Å². The number of halogens is 1. The van der Waals surface area contributed by atoms with Crippen LogP contribution in [-0.4, -0.2) is 9.55 Å². The van der Waals surface area contributed by atoms with E-state index in [4.69, 9.17) is 5.73 Å². The molecule has 0 amide bonds. The lowest BCUT2D eigenvalue weighted by Gasteiger charge is -2.06. The van der Waals surface area contributed by atoms with Crippen LogP contribution in [-0.2, 0) is 6.54 Å². The summed E-state index contributed by atoms with van der Waals surface area (Å²) >= 11 is 3.20. The summed E-state index contributed by atoms with van der Waals surface area (Å²) in [5.41, 5.74) is 6.47. The number of nitrogens with two attached hydrogens (primary N) is 1. The van der Waals surface area contributed by atoms with Crippen LogP contribution in [0.15, 0.2) is 45.9 Å². The molecule has 0 saturated carbocycles. The van der Waals surface area contributed by atoms with Gasteiger partial charge < -0.3 is 10.3 Å². The molecule has 0 fully saturated rings. The van der Waals surface area contributed by atoms with Crippen LogP contribution < -0.4 is 11.3 Å². The highest BCUT2D eigenvalue weighted by Gasteiger charge is 2.01. The Balaban J connectivity index is 2.34. The van der Waals surface area contributed by atoms with Gasteiger partial charge in [-0.25, -0.2) is 4.98 Å². The number of pyridine rings is 2. The molecule has 2 rings (SSSR count). The Kier molecular flexibility index (Phi) is 3.05. The second-order valence-corrected chi connectivity index (χ2v) is 4.23. The lowest BCUT2D eigenvalue weighted by Crippen LogP contribution is -2.20. The Morgan fingerprint density at radius 1 is 1.44 bits per heavy atom. The van der Waals surface area contributed by atoms with Gasteiger partial charge in [0.2, 0.25) is 0 Å². The molecule has 0 aromatic carbocycles. The van der Waals surface area contributed by atoms with Gasteiger partial charge in [-0.2, -0.15) is 0 Å². The number of hydrogen-bond donors (Lipinski definition) is 1. The molecular formula is C11H10BrN3O. The van der Waals surface area contributed by atoms with Crippen molar-refractivity contribution in [3.63, 3.8) is 0 Å². The number of nitrogens with zero attached hydrogens (tertiary/aromatic N) is 2. The highest BCUT2D eigenvalue weighted by molar-refractivity contribution is 9.10. The van der Waals surface area contributed by atoms with Crippen molar-refractivity contribution in [1.29, 1.82) is 0 Å². The maximum atomic E-state index is 11.7. The standard InChI is InChI=1S/C11H10BrN3O/c12-9-2-1-5-15(11(9)16)7-8-3-4-14-10(13)6-8/h1-6H,7H2,(H2,13,14). The molecule has 0 saturated heterocycles. The Hall–Kier alpha value is -1.62. The van der Waals surface area contributed by atoms with Gasteiger partial charge in [0.15, 0.2) is 0 Å². The summed E-state index contributed by atoms with van der Waals surface area (Å²) in [7, 11) is 0. The molecule has 0 aliphatic rings. The lowest BCUT2D eigenvalue weighted by molar-refractivity contribution is 0.754. The van der Waals surface area contributed by atoms with Crippen molar-refractivity contribution in [1.82, 2.24) is 9.55 Å². The summed E-state index contributed by atoms with van der Waals surface area (Å²) in [5, 5.41) is 0. The molecule has 0 unspecified atom stereocenters. The fraction of sp³-hybridized carbons (Fsp3) is 0.0909. The highest BCUT2D eigenvalue weighted by atomic mass is 79.9. The van der Waals surface area contributed by atoms with Crippen molar-refractivity contribution >= 4 is 21.7 Å². The van der Waals surface area contributed by atoms with E-state index in [1.54, 1.807) is 29.1 Å². The van der Waals surface area contributed by atoms with Crippen molar-refractivity contribution in [3.8, 4) is 0 Å². The molecule has 0 atom stereocenters. The molecule has 0 spiro atoms. The van der Waals surface area contributed by atoms with Crippen LogP contribution in [0.3, 0.4) is 0 Å². The number of aromatic nitrogens is 2. The zero-order valence-electron chi connectivity index (χ0n) is 8.43. The van der Waals surface area contributed by atoms with E-state index in [0.29, 0.717) is 16.8 Å². The largest absolute Gasteiger partial charge is 0.384 e. The molecule has 2 aromatic rings. The highest BCUT2D eigenvalue weighted by Crippen LogP contribution is 2.06. The third kappa shape index (κ3) is 2.30. The van der Waals surface area contributed by atoms with Crippen LogP contribution in [0, 0.1) is 0 Å². The van der Waals surface area contributed by atoms with Crippen LogP contribution in [0.5, 0.6) is 0 Å². The average molecular weight is 280 g/mol. The van der Waals surface area contributed by atoms with Gasteiger partial charge in [-0.15, -0.1) is 0 Å². The van der Waals surface area contributed by atoms with E-state index in [9.17, 15) is 4.79 Å². The van der Waals surface area contributed by atoms with Gasteiger partial charge in [0.25, 0.3) is 5.56 Å². The first-order valence-corrected chi connectivity index (χ1v) is 5.51. The fourth-order valence-electron chi connectivity index (χ4n) is 1.42. The van der Waals surface area contributed by atoms with Gasteiger partial charge in [0, 0.05) is 12.4 Å². The van der Waals surface area contributed by atoms with E-state index in [-0.39, 0.29) is 5.56 Å². The van der Waals surface area contributed by atoms with Gasteiger partial charge in [-0.1, -0.05) is 0 Å². The minimum atomic E-state index is -0.0575. The van der Waals surface area contributed by atoms with Crippen LogP contribution >= 0.6 is 15.9 Å². The first-order valence-electron chi connectivity index (χ1n) is 4.72. The summed E-state index contributed by atoms with van der Waals surface area (Å²) in [4.78, 5) is 15.6. The molecule has 4 nitrogen and oxygen atoms in total. The second kappa shape index (κ2) is 4.49. The topological polar surface area (TPSA) is 60.9 Å². The molecule has 16 heavy (non-hydrogen) atoms. The Morgan fingerprint density at radius 3 is 3.00 bits per heavy atom. The van der Waals surface area contributed by atoms with Crippen molar-refractivity contribution in [2.45, 2.75) is 6.54 Å². The molecule has 5 heteroatoms. The van der Waals surface area contributed by atoms with E-state index >= 15 is 0 Å². The van der Waals surface area contributed by atoms with Crippen molar-refractivity contribution in [2.75, 3.05) is 5.73 Å². The normalized spacial score (nSPS) is 10.3. The molecule has 0 radical (unpaired) electrons. The van der Waals surface area contributed by atoms with E-state index in [2.05, 4.69) is 20.9 Å². The maximum absolute atomic E-state index is 11.7. The summed E-state index contributed by atoms with van der Waals surface area (Å²) in [5.74, 6) is 0.459. The third-order valence-electron chi connectivity index (χ3n) is 2.17. The predicted octanol–water partition coefficient (Wildman–Crippen LogP) is 1.64. The zero-order chi connectivity index (χ0) is 11.5. The first kappa shape index (κ1) is 10.9. The van der Waals surface area contributed by atoms with Gasteiger partial charge in [0.05, 0.1) is 11.0 Å². The molecule has 2 heterocycles. The summed E-state index contributed by atoms with van der Waals surface area (Å²) in [6.07, 6.45) is 3.37. The summed E-state index contributed by atoms with van der Waals surface area (Å²) < 4.78 is 2.16. The van der Waals surface area contributed by atoms with Crippen LogP contribution in [0.25, 0.3) is 0 Å². The van der Waals surface area contributed by atoms with Crippen molar-refractivity contribution in [2.24, 2.45) is 0 Å². The van der Waals surface area contributed by atoms with Gasteiger partial charge in [-0.05, 0) is 45.8 Å². The average Bonchev–Trinajstić information content (AvgIpc) is 2.25. The smallest absolute Gasteiger partial charge is 0.265 e. The predicted molar refractivity (Wildman–Crippen MR) is 66.2 cm³/mol. The second-order valence-electron chi connectivity index (χ2n) is 3.38. The van der Waals surface area contributed by atoms with Crippen molar-refractivity contribution < 1.29 is 0 Å². The summed E-state index contributed by atoms with van der Waals surface area (Å²) in [6.45, 7) is 0.491. The number of nitrogen functional groups attached to an aromatic ring is 1. The zero-order valence-corrected chi connectivity index (χ0v) is 10.0. The SMILES string of the molecule is Nc1cc(Cn2cccc(Br)c2=O)ccn1. The van der Waals surface area contributed by atoms with E-state index in [0.717, 1.165) is 5.56 Å². The minimum absolute atomic E-state index is 0.0575. The molecular weight excluding hydrogens is 270 g/mol. The molecule has 0 aliphatic heterocycles. The van der Waals surface area contributed by atoms with Crippen LogP contribution in [0.4, 0.5) is 5.82 Å². The van der Waals surface area contributed by atoms with Crippen LogP contribution in [0.2, 0.25) is 0 Å². The van der Waals surface area contributed by atoms with Crippen molar-refractivity contribution in [3.05, 3.63) is 57.0 Å². The third-order valence-corrected chi connectivity index (χ3v) is 2.78.